The minimum absolute atomic E-state index is 0.720. The lowest BCUT2D eigenvalue weighted by atomic mass is 10.1. The highest BCUT2D eigenvalue weighted by Gasteiger charge is 2.19. The van der Waals surface area contributed by atoms with Crippen molar-refractivity contribution in [1.29, 1.82) is 0 Å². The summed E-state index contributed by atoms with van der Waals surface area (Å²) in [4.78, 5) is 7.31. The quantitative estimate of drug-likeness (QED) is 0.583. The molecule has 2 aromatic rings. The van der Waals surface area contributed by atoms with Gasteiger partial charge in [-0.3, -0.25) is 0 Å². The maximum atomic E-state index is 5.23. The Kier molecular flexibility index (Phi) is 1.76. The molecule has 1 aromatic carbocycles. The van der Waals surface area contributed by atoms with Gasteiger partial charge in [-0.2, -0.15) is 0 Å². The van der Waals surface area contributed by atoms with Gasteiger partial charge in [-0.05, 0) is 18.6 Å². The first-order valence-electron chi connectivity index (χ1n) is 4.92. The second kappa shape index (κ2) is 3.00. The van der Waals surface area contributed by atoms with Crippen LogP contribution in [0.2, 0.25) is 0 Å². The molecule has 1 heterocycles. The predicted octanol–water partition coefficient (Wildman–Crippen LogP) is 3.02. The number of aromatic nitrogens is 2. The molecule has 0 spiro atoms. The summed E-state index contributed by atoms with van der Waals surface area (Å²) in [5.41, 5.74) is 6.20. The SMILES string of the molecule is Cc1ccc2c(c1)-c1[nH]cnc(=S)c1C2. The van der Waals surface area contributed by atoms with Crippen molar-refractivity contribution >= 4 is 12.2 Å². The molecule has 1 aliphatic rings. The highest BCUT2D eigenvalue weighted by Crippen LogP contribution is 2.35. The molecule has 1 aromatic heterocycles. The van der Waals surface area contributed by atoms with E-state index in [1.165, 1.54) is 16.7 Å². The molecule has 3 heteroatoms. The van der Waals surface area contributed by atoms with Crippen molar-refractivity contribution < 1.29 is 0 Å². The van der Waals surface area contributed by atoms with Crippen LogP contribution in [0.1, 0.15) is 16.7 Å². The Balaban J connectivity index is 2.35. The fraction of sp³-hybridized carbons (Fsp3) is 0.167. The minimum atomic E-state index is 0.720. The molecule has 2 nitrogen and oxygen atoms in total. The molecular weight excluding hydrogens is 204 g/mol. The number of aryl methyl sites for hydroxylation is 1. The molecule has 0 saturated heterocycles. The van der Waals surface area contributed by atoms with Crippen LogP contribution in [0.3, 0.4) is 0 Å². The van der Waals surface area contributed by atoms with E-state index in [-0.39, 0.29) is 0 Å². The van der Waals surface area contributed by atoms with Crippen molar-refractivity contribution in [3.05, 3.63) is 45.9 Å². The first kappa shape index (κ1) is 8.80. The van der Waals surface area contributed by atoms with Gasteiger partial charge < -0.3 is 4.98 Å². The largest absolute Gasteiger partial charge is 0.346 e. The lowest BCUT2D eigenvalue weighted by Crippen LogP contribution is -1.88. The van der Waals surface area contributed by atoms with Gasteiger partial charge in [0, 0.05) is 17.5 Å². The van der Waals surface area contributed by atoms with Crippen LogP contribution < -0.4 is 0 Å². The number of benzene rings is 1. The van der Waals surface area contributed by atoms with E-state index in [9.17, 15) is 0 Å². The summed E-state index contributed by atoms with van der Waals surface area (Å²) < 4.78 is 0.720. The number of rotatable bonds is 0. The van der Waals surface area contributed by atoms with Crippen molar-refractivity contribution in [2.75, 3.05) is 0 Å². The van der Waals surface area contributed by atoms with E-state index in [2.05, 4.69) is 35.1 Å². The van der Waals surface area contributed by atoms with Crippen LogP contribution >= 0.6 is 12.2 Å². The lowest BCUT2D eigenvalue weighted by Gasteiger charge is -2.01. The Labute approximate surface area is 93.0 Å². The van der Waals surface area contributed by atoms with Crippen LogP contribution in [-0.2, 0) is 6.42 Å². The van der Waals surface area contributed by atoms with Crippen LogP contribution in [0.5, 0.6) is 0 Å². The lowest BCUT2D eigenvalue weighted by molar-refractivity contribution is 1.10. The Morgan fingerprint density at radius 1 is 1.40 bits per heavy atom. The Morgan fingerprint density at radius 3 is 3.13 bits per heavy atom. The topological polar surface area (TPSA) is 28.7 Å². The zero-order valence-electron chi connectivity index (χ0n) is 8.37. The summed E-state index contributed by atoms with van der Waals surface area (Å²) in [7, 11) is 0. The number of hydrogen-bond donors (Lipinski definition) is 1. The number of nitrogens with zero attached hydrogens (tertiary/aromatic N) is 1. The van der Waals surface area contributed by atoms with Crippen LogP contribution in [0.15, 0.2) is 24.5 Å². The summed E-state index contributed by atoms with van der Waals surface area (Å²) in [6, 6.07) is 6.51. The maximum absolute atomic E-state index is 5.23. The Bertz CT molecular complexity index is 599. The Hall–Kier alpha value is -1.48. The van der Waals surface area contributed by atoms with Gasteiger partial charge in [0.15, 0.2) is 0 Å². The van der Waals surface area contributed by atoms with Crippen molar-refractivity contribution in [3.63, 3.8) is 0 Å². The van der Waals surface area contributed by atoms with E-state index in [0.29, 0.717) is 0 Å². The normalized spacial score (nSPS) is 12.3. The summed E-state index contributed by atoms with van der Waals surface area (Å²) >= 11 is 5.23. The standard InChI is InChI=1S/C12H10N2S/c1-7-2-3-8-5-10-11(9(8)4-7)13-6-14-12(10)15/h2-4,6H,5H2,1H3,(H,13,14,15). The van der Waals surface area contributed by atoms with E-state index in [4.69, 9.17) is 12.2 Å². The van der Waals surface area contributed by atoms with Crippen LogP contribution in [0.4, 0.5) is 0 Å². The molecule has 3 rings (SSSR count). The molecule has 15 heavy (non-hydrogen) atoms. The van der Waals surface area contributed by atoms with Crippen molar-refractivity contribution in [3.8, 4) is 11.3 Å². The van der Waals surface area contributed by atoms with Gasteiger partial charge in [0.25, 0.3) is 0 Å². The number of aromatic amines is 1. The van der Waals surface area contributed by atoms with Gasteiger partial charge in [0.05, 0.1) is 12.0 Å². The third-order valence-electron chi connectivity index (χ3n) is 2.85. The molecule has 1 N–H and O–H groups in total. The Morgan fingerprint density at radius 2 is 2.27 bits per heavy atom. The summed E-state index contributed by atoms with van der Waals surface area (Å²) in [5.74, 6) is 0. The number of hydrogen-bond acceptors (Lipinski definition) is 2. The maximum Gasteiger partial charge on any atom is 0.133 e. The first-order valence-corrected chi connectivity index (χ1v) is 5.33. The van der Waals surface area contributed by atoms with Gasteiger partial charge in [0.2, 0.25) is 0 Å². The molecule has 0 saturated carbocycles. The van der Waals surface area contributed by atoms with Crippen molar-refractivity contribution in [2.45, 2.75) is 13.3 Å². The molecule has 0 radical (unpaired) electrons. The second-order valence-electron chi connectivity index (χ2n) is 3.90. The number of fused-ring (bicyclic) bond motifs is 3. The number of H-pyrrole nitrogens is 1. The molecule has 0 unspecified atom stereocenters. The van der Waals surface area contributed by atoms with Crippen LogP contribution in [0.25, 0.3) is 11.3 Å². The van der Waals surface area contributed by atoms with E-state index in [0.717, 1.165) is 22.3 Å². The molecule has 74 valence electrons. The monoisotopic (exact) mass is 214 g/mol. The zero-order chi connectivity index (χ0) is 10.4. The second-order valence-corrected chi connectivity index (χ2v) is 4.29. The summed E-state index contributed by atoms with van der Waals surface area (Å²) in [5, 5.41) is 0. The molecule has 0 aliphatic heterocycles. The van der Waals surface area contributed by atoms with Gasteiger partial charge in [-0.25, -0.2) is 4.98 Å². The van der Waals surface area contributed by atoms with Gasteiger partial charge in [-0.15, -0.1) is 0 Å². The fourth-order valence-corrected chi connectivity index (χ4v) is 2.33. The highest BCUT2D eigenvalue weighted by molar-refractivity contribution is 7.71. The molecule has 0 bridgehead atoms. The average Bonchev–Trinajstić information content (AvgIpc) is 2.58. The predicted molar refractivity (Wildman–Crippen MR) is 62.4 cm³/mol. The summed E-state index contributed by atoms with van der Waals surface area (Å²) in [6.45, 7) is 2.11. The van der Waals surface area contributed by atoms with Gasteiger partial charge in [0.1, 0.15) is 4.64 Å². The van der Waals surface area contributed by atoms with E-state index >= 15 is 0 Å². The number of nitrogens with one attached hydrogen (secondary N) is 1. The van der Waals surface area contributed by atoms with E-state index in [1.807, 2.05) is 0 Å². The smallest absolute Gasteiger partial charge is 0.133 e. The van der Waals surface area contributed by atoms with Gasteiger partial charge in [-0.1, -0.05) is 29.9 Å². The van der Waals surface area contributed by atoms with Gasteiger partial charge >= 0.3 is 0 Å². The van der Waals surface area contributed by atoms with Crippen LogP contribution in [0, 0.1) is 11.6 Å². The molecule has 1 aliphatic carbocycles. The summed E-state index contributed by atoms with van der Waals surface area (Å²) in [6.07, 6.45) is 2.59. The van der Waals surface area contributed by atoms with E-state index in [1.54, 1.807) is 6.33 Å². The van der Waals surface area contributed by atoms with E-state index < -0.39 is 0 Å². The fourth-order valence-electron chi connectivity index (χ4n) is 2.10. The molecular formula is C12H10N2S. The average molecular weight is 214 g/mol. The first-order chi connectivity index (χ1) is 7.25. The highest BCUT2D eigenvalue weighted by atomic mass is 32.1. The van der Waals surface area contributed by atoms with Crippen molar-refractivity contribution in [2.24, 2.45) is 0 Å². The molecule has 0 fully saturated rings. The van der Waals surface area contributed by atoms with Crippen molar-refractivity contribution in [1.82, 2.24) is 9.97 Å². The third kappa shape index (κ3) is 1.23. The minimum Gasteiger partial charge on any atom is -0.346 e. The third-order valence-corrected chi connectivity index (χ3v) is 3.20. The molecule has 0 amide bonds. The molecule has 0 atom stereocenters. The zero-order valence-corrected chi connectivity index (χ0v) is 9.19. The van der Waals surface area contributed by atoms with Crippen LogP contribution in [-0.4, -0.2) is 9.97 Å².